The third-order valence-corrected chi connectivity index (χ3v) is 2.49. The second kappa shape index (κ2) is 4.41. The number of nitrogens with zero attached hydrogens (tertiary/aromatic N) is 2. The van der Waals surface area contributed by atoms with Gasteiger partial charge in [0.1, 0.15) is 11.6 Å². The molecular formula is C13H15N3O. The Bertz CT molecular complexity index is 532. The van der Waals surface area contributed by atoms with Gasteiger partial charge in [-0.05, 0) is 38.1 Å². The van der Waals surface area contributed by atoms with Gasteiger partial charge in [-0.25, -0.2) is 9.97 Å². The summed E-state index contributed by atoms with van der Waals surface area (Å²) in [6.45, 7) is 3.83. The number of benzene rings is 1. The van der Waals surface area contributed by atoms with Crippen molar-refractivity contribution in [3.8, 4) is 17.0 Å². The molecule has 1 aromatic heterocycles. The highest BCUT2D eigenvalue weighted by atomic mass is 16.5. The summed E-state index contributed by atoms with van der Waals surface area (Å²) >= 11 is 0. The highest BCUT2D eigenvalue weighted by Crippen LogP contribution is 2.27. The quantitative estimate of drug-likeness (QED) is 0.803. The van der Waals surface area contributed by atoms with Crippen molar-refractivity contribution in [2.45, 2.75) is 13.8 Å². The van der Waals surface area contributed by atoms with E-state index in [1.54, 1.807) is 7.11 Å². The molecule has 1 aromatic carbocycles. The first-order valence-electron chi connectivity index (χ1n) is 5.36. The number of aryl methyl sites for hydroxylation is 2. The van der Waals surface area contributed by atoms with Crippen LogP contribution in [0.15, 0.2) is 24.3 Å². The van der Waals surface area contributed by atoms with Crippen LogP contribution in [-0.2, 0) is 0 Å². The fourth-order valence-electron chi connectivity index (χ4n) is 1.76. The Morgan fingerprint density at radius 3 is 2.47 bits per heavy atom. The van der Waals surface area contributed by atoms with Crippen LogP contribution >= 0.6 is 0 Å². The lowest BCUT2D eigenvalue weighted by Crippen LogP contribution is -1.96. The number of ether oxygens (including phenoxy) is 1. The van der Waals surface area contributed by atoms with Crippen LogP contribution in [-0.4, -0.2) is 17.1 Å². The first-order chi connectivity index (χ1) is 8.10. The minimum Gasteiger partial charge on any atom is -0.495 e. The fourth-order valence-corrected chi connectivity index (χ4v) is 1.76. The van der Waals surface area contributed by atoms with Crippen LogP contribution in [0.5, 0.6) is 5.75 Å². The van der Waals surface area contributed by atoms with E-state index in [2.05, 4.69) is 9.97 Å². The Labute approximate surface area is 100 Å². The lowest BCUT2D eigenvalue weighted by atomic mass is 10.1. The highest BCUT2D eigenvalue weighted by molar-refractivity contribution is 5.68. The zero-order chi connectivity index (χ0) is 12.4. The maximum atomic E-state index is 5.88. The third-order valence-electron chi connectivity index (χ3n) is 2.49. The van der Waals surface area contributed by atoms with Crippen molar-refractivity contribution in [1.29, 1.82) is 0 Å². The van der Waals surface area contributed by atoms with E-state index in [1.165, 1.54) is 0 Å². The predicted molar refractivity (Wildman–Crippen MR) is 67.9 cm³/mol. The molecule has 1 heterocycles. The van der Waals surface area contributed by atoms with Gasteiger partial charge in [0, 0.05) is 11.3 Å². The molecule has 0 atom stereocenters. The molecule has 0 saturated carbocycles. The summed E-state index contributed by atoms with van der Waals surface area (Å²) in [6.07, 6.45) is 0. The molecule has 0 spiro atoms. The van der Waals surface area contributed by atoms with E-state index in [4.69, 9.17) is 10.5 Å². The average molecular weight is 229 g/mol. The van der Waals surface area contributed by atoms with E-state index in [1.807, 2.05) is 38.1 Å². The van der Waals surface area contributed by atoms with Crippen LogP contribution in [0.3, 0.4) is 0 Å². The summed E-state index contributed by atoms with van der Waals surface area (Å²) < 4.78 is 5.13. The maximum Gasteiger partial charge on any atom is 0.141 e. The van der Waals surface area contributed by atoms with Crippen LogP contribution in [0.4, 0.5) is 5.69 Å². The molecule has 2 N–H and O–H groups in total. The van der Waals surface area contributed by atoms with Crippen LogP contribution < -0.4 is 10.5 Å². The van der Waals surface area contributed by atoms with E-state index in [0.717, 1.165) is 22.8 Å². The largest absolute Gasteiger partial charge is 0.495 e. The molecule has 2 aromatic rings. The van der Waals surface area contributed by atoms with E-state index < -0.39 is 0 Å². The van der Waals surface area contributed by atoms with Crippen molar-refractivity contribution in [2.75, 3.05) is 12.8 Å². The van der Waals surface area contributed by atoms with Gasteiger partial charge in [0.15, 0.2) is 0 Å². The third kappa shape index (κ3) is 2.36. The summed E-state index contributed by atoms with van der Waals surface area (Å²) in [5, 5.41) is 0. The molecule has 0 unspecified atom stereocenters. The Kier molecular flexibility index (Phi) is 2.95. The van der Waals surface area contributed by atoms with E-state index in [9.17, 15) is 0 Å². The first kappa shape index (κ1) is 11.4. The highest BCUT2D eigenvalue weighted by Gasteiger charge is 2.05. The van der Waals surface area contributed by atoms with Gasteiger partial charge in [-0.3, -0.25) is 0 Å². The van der Waals surface area contributed by atoms with Gasteiger partial charge in [0.25, 0.3) is 0 Å². The predicted octanol–water partition coefficient (Wildman–Crippen LogP) is 2.35. The number of aromatic nitrogens is 2. The molecule has 4 heteroatoms. The van der Waals surface area contributed by atoms with Crippen LogP contribution in [0.1, 0.15) is 11.5 Å². The topological polar surface area (TPSA) is 61.0 Å². The summed E-state index contributed by atoms with van der Waals surface area (Å²) in [5.74, 6) is 1.44. The van der Waals surface area contributed by atoms with Gasteiger partial charge in [0.05, 0.1) is 18.5 Å². The van der Waals surface area contributed by atoms with E-state index >= 15 is 0 Å². The number of hydrogen-bond donors (Lipinski definition) is 1. The van der Waals surface area contributed by atoms with Crippen LogP contribution in [0, 0.1) is 13.8 Å². The number of methoxy groups -OCH3 is 1. The Morgan fingerprint density at radius 1 is 1.12 bits per heavy atom. The SMILES string of the molecule is COc1ccc(-c2cc(C)nc(C)n2)cc1N. The standard InChI is InChI=1S/C13H15N3O/c1-8-6-12(16-9(2)15-8)10-4-5-13(17-3)11(14)7-10/h4-7H,14H2,1-3H3. The second-order valence-corrected chi connectivity index (χ2v) is 3.90. The molecule has 0 radical (unpaired) electrons. The number of rotatable bonds is 2. The average Bonchev–Trinajstić information content (AvgIpc) is 2.27. The molecule has 0 amide bonds. The van der Waals surface area contributed by atoms with Crippen molar-refractivity contribution in [3.63, 3.8) is 0 Å². The molecule has 0 saturated heterocycles. The zero-order valence-corrected chi connectivity index (χ0v) is 10.2. The summed E-state index contributed by atoms with van der Waals surface area (Å²) in [6, 6.07) is 7.59. The van der Waals surface area contributed by atoms with Gasteiger partial charge in [-0.15, -0.1) is 0 Å². The maximum absolute atomic E-state index is 5.88. The van der Waals surface area contributed by atoms with Gasteiger partial charge < -0.3 is 10.5 Å². The van der Waals surface area contributed by atoms with E-state index in [0.29, 0.717) is 11.4 Å². The van der Waals surface area contributed by atoms with Crippen molar-refractivity contribution in [3.05, 3.63) is 35.8 Å². The molecule has 0 aliphatic heterocycles. The minimum absolute atomic E-state index is 0.610. The summed E-state index contributed by atoms with van der Waals surface area (Å²) in [5.41, 5.74) is 9.28. The summed E-state index contributed by atoms with van der Waals surface area (Å²) in [7, 11) is 1.60. The first-order valence-corrected chi connectivity index (χ1v) is 5.36. The number of nitrogens with two attached hydrogens (primary N) is 1. The van der Waals surface area contributed by atoms with Crippen LogP contribution in [0.25, 0.3) is 11.3 Å². The minimum atomic E-state index is 0.610. The molecule has 88 valence electrons. The van der Waals surface area contributed by atoms with Gasteiger partial charge in [-0.2, -0.15) is 0 Å². The number of nitrogen functional groups attached to an aromatic ring is 1. The van der Waals surface area contributed by atoms with Crippen molar-refractivity contribution < 1.29 is 4.74 Å². The molecule has 0 aliphatic rings. The smallest absolute Gasteiger partial charge is 0.141 e. The molecule has 0 fully saturated rings. The Hall–Kier alpha value is -2.10. The number of anilines is 1. The molecule has 0 aliphatic carbocycles. The lowest BCUT2D eigenvalue weighted by molar-refractivity contribution is 0.417. The number of hydrogen-bond acceptors (Lipinski definition) is 4. The zero-order valence-electron chi connectivity index (χ0n) is 10.2. The Morgan fingerprint density at radius 2 is 1.88 bits per heavy atom. The van der Waals surface area contributed by atoms with Gasteiger partial charge in [-0.1, -0.05) is 0 Å². The Balaban J connectivity index is 2.49. The molecular weight excluding hydrogens is 214 g/mol. The van der Waals surface area contributed by atoms with Gasteiger partial charge in [0.2, 0.25) is 0 Å². The van der Waals surface area contributed by atoms with Crippen LogP contribution in [0.2, 0.25) is 0 Å². The fraction of sp³-hybridized carbons (Fsp3) is 0.231. The molecule has 0 bridgehead atoms. The lowest BCUT2D eigenvalue weighted by Gasteiger charge is -2.07. The van der Waals surface area contributed by atoms with Gasteiger partial charge >= 0.3 is 0 Å². The molecule has 2 rings (SSSR count). The monoisotopic (exact) mass is 229 g/mol. The van der Waals surface area contributed by atoms with Crippen molar-refractivity contribution in [2.24, 2.45) is 0 Å². The summed E-state index contributed by atoms with van der Waals surface area (Å²) in [4.78, 5) is 8.64. The van der Waals surface area contributed by atoms with Crippen molar-refractivity contribution in [1.82, 2.24) is 9.97 Å². The normalized spacial score (nSPS) is 10.3. The second-order valence-electron chi connectivity index (χ2n) is 3.90. The van der Waals surface area contributed by atoms with E-state index in [-0.39, 0.29) is 0 Å². The molecule has 4 nitrogen and oxygen atoms in total. The van der Waals surface area contributed by atoms with Crippen molar-refractivity contribution >= 4 is 5.69 Å². The molecule has 17 heavy (non-hydrogen) atoms.